The van der Waals surface area contributed by atoms with Crippen LogP contribution in [-0.2, 0) is 0 Å². The van der Waals surface area contributed by atoms with Crippen LogP contribution in [0.25, 0.3) is 0 Å². The first kappa shape index (κ1) is 16.4. The maximum atomic E-state index is 13.5. The molecule has 1 amide bonds. The van der Waals surface area contributed by atoms with Crippen LogP contribution in [0.15, 0.2) is 12.1 Å². The second kappa shape index (κ2) is 7.22. The number of benzene rings is 1. The van der Waals surface area contributed by atoms with E-state index in [1.165, 1.54) is 0 Å². The molecule has 0 heterocycles. The van der Waals surface area contributed by atoms with Crippen LogP contribution in [0.4, 0.5) is 8.78 Å². The summed E-state index contributed by atoms with van der Waals surface area (Å²) in [6, 6.07) is 1.17. The summed E-state index contributed by atoms with van der Waals surface area (Å²) in [6.45, 7) is 6.06. The summed E-state index contributed by atoms with van der Waals surface area (Å²) >= 11 is 0. The SMILES string of the molecule is CC(C)CCCC(C)NC(=O)c1c(O)cc(F)cc1F. The second-order valence-corrected chi connectivity index (χ2v) is 5.48. The van der Waals surface area contributed by atoms with Crippen molar-refractivity contribution >= 4 is 5.91 Å². The zero-order valence-electron chi connectivity index (χ0n) is 12.0. The van der Waals surface area contributed by atoms with Crippen LogP contribution in [-0.4, -0.2) is 17.1 Å². The molecule has 0 aliphatic carbocycles. The van der Waals surface area contributed by atoms with Crippen LogP contribution < -0.4 is 5.32 Å². The highest BCUT2D eigenvalue weighted by molar-refractivity contribution is 5.97. The van der Waals surface area contributed by atoms with Gasteiger partial charge in [-0.05, 0) is 19.3 Å². The van der Waals surface area contributed by atoms with Crippen molar-refractivity contribution in [2.45, 2.75) is 46.1 Å². The Morgan fingerprint density at radius 2 is 1.90 bits per heavy atom. The smallest absolute Gasteiger partial charge is 0.258 e. The van der Waals surface area contributed by atoms with Gasteiger partial charge in [0.1, 0.15) is 22.9 Å². The van der Waals surface area contributed by atoms with E-state index in [1.807, 2.05) is 6.92 Å². The van der Waals surface area contributed by atoms with E-state index in [4.69, 9.17) is 0 Å². The first-order valence-corrected chi connectivity index (χ1v) is 6.80. The van der Waals surface area contributed by atoms with Crippen molar-refractivity contribution in [1.82, 2.24) is 5.32 Å². The third-order valence-corrected chi connectivity index (χ3v) is 3.06. The minimum atomic E-state index is -1.06. The molecule has 1 unspecified atom stereocenters. The molecular formula is C15H21F2NO2. The predicted octanol–water partition coefficient (Wildman–Crippen LogP) is 3.62. The Morgan fingerprint density at radius 1 is 1.25 bits per heavy atom. The maximum Gasteiger partial charge on any atom is 0.258 e. The number of rotatable bonds is 6. The fourth-order valence-corrected chi connectivity index (χ4v) is 1.99. The van der Waals surface area contributed by atoms with E-state index in [9.17, 15) is 18.7 Å². The highest BCUT2D eigenvalue weighted by Crippen LogP contribution is 2.22. The summed E-state index contributed by atoms with van der Waals surface area (Å²) in [7, 11) is 0. The number of halogens is 2. The molecule has 1 rings (SSSR count). The summed E-state index contributed by atoms with van der Waals surface area (Å²) < 4.78 is 26.4. The van der Waals surface area contributed by atoms with Crippen molar-refractivity contribution in [2.75, 3.05) is 0 Å². The van der Waals surface area contributed by atoms with Gasteiger partial charge >= 0.3 is 0 Å². The Balaban J connectivity index is 2.63. The Bertz CT molecular complexity index is 452. The van der Waals surface area contributed by atoms with E-state index in [2.05, 4.69) is 19.2 Å². The average molecular weight is 285 g/mol. The number of carbonyl (C=O) groups excluding carboxylic acids is 1. The second-order valence-electron chi connectivity index (χ2n) is 5.48. The van der Waals surface area contributed by atoms with Crippen LogP contribution in [0.1, 0.15) is 50.4 Å². The number of nitrogens with one attached hydrogen (secondary N) is 1. The lowest BCUT2D eigenvalue weighted by molar-refractivity contribution is 0.0930. The molecule has 112 valence electrons. The van der Waals surface area contributed by atoms with E-state index in [0.29, 0.717) is 12.0 Å². The summed E-state index contributed by atoms with van der Waals surface area (Å²) in [5.74, 6) is -2.79. The maximum absolute atomic E-state index is 13.5. The zero-order valence-corrected chi connectivity index (χ0v) is 12.0. The van der Waals surface area contributed by atoms with E-state index in [-0.39, 0.29) is 6.04 Å². The molecule has 0 fully saturated rings. The molecule has 20 heavy (non-hydrogen) atoms. The largest absolute Gasteiger partial charge is 0.507 e. The molecule has 0 saturated carbocycles. The van der Waals surface area contributed by atoms with Crippen LogP contribution in [0.5, 0.6) is 5.75 Å². The molecule has 1 atom stereocenters. The van der Waals surface area contributed by atoms with Crippen molar-refractivity contribution in [3.8, 4) is 5.75 Å². The predicted molar refractivity (Wildman–Crippen MR) is 73.6 cm³/mol. The molecule has 3 nitrogen and oxygen atoms in total. The first-order chi connectivity index (χ1) is 9.31. The van der Waals surface area contributed by atoms with E-state index >= 15 is 0 Å². The van der Waals surface area contributed by atoms with E-state index in [1.54, 1.807) is 0 Å². The molecule has 5 heteroatoms. The lowest BCUT2D eigenvalue weighted by Gasteiger charge is -2.15. The van der Waals surface area contributed by atoms with Crippen LogP contribution in [0.3, 0.4) is 0 Å². The number of carbonyl (C=O) groups is 1. The molecule has 0 spiro atoms. The normalized spacial score (nSPS) is 12.5. The van der Waals surface area contributed by atoms with Gasteiger partial charge in [0.05, 0.1) is 0 Å². The van der Waals surface area contributed by atoms with Crippen molar-refractivity contribution < 1.29 is 18.7 Å². The topological polar surface area (TPSA) is 49.3 Å². The lowest BCUT2D eigenvalue weighted by atomic mass is 10.0. The first-order valence-electron chi connectivity index (χ1n) is 6.80. The Morgan fingerprint density at radius 3 is 2.45 bits per heavy atom. The van der Waals surface area contributed by atoms with Crippen molar-refractivity contribution in [1.29, 1.82) is 0 Å². The van der Waals surface area contributed by atoms with Gasteiger partial charge in [-0.15, -0.1) is 0 Å². The molecule has 1 aromatic rings. The highest BCUT2D eigenvalue weighted by Gasteiger charge is 2.19. The molecular weight excluding hydrogens is 264 g/mol. The Hall–Kier alpha value is -1.65. The van der Waals surface area contributed by atoms with Crippen molar-refractivity contribution in [3.05, 3.63) is 29.3 Å². The van der Waals surface area contributed by atoms with Gasteiger partial charge in [0.2, 0.25) is 0 Å². The Labute approximate surface area is 118 Å². The Kier molecular flexibility index (Phi) is 5.92. The van der Waals surface area contributed by atoms with Crippen LogP contribution in [0.2, 0.25) is 0 Å². The van der Waals surface area contributed by atoms with Gasteiger partial charge in [0.15, 0.2) is 0 Å². The number of aromatic hydroxyl groups is 1. The summed E-state index contributed by atoms with van der Waals surface area (Å²) in [4.78, 5) is 11.9. The number of hydrogen-bond donors (Lipinski definition) is 2. The van der Waals surface area contributed by atoms with Gasteiger partial charge in [-0.25, -0.2) is 8.78 Å². The number of amides is 1. The summed E-state index contributed by atoms with van der Waals surface area (Å²) in [5.41, 5.74) is -0.512. The molecule has 0 aliphatic rings. The standard InChI is InChI=1S/C15H21F2NO2/c1-9(2)5-4-6-10(3)18-15(20)14-12(17)7-11(16)8-13(14)19/h7-10,19H,4-6H2,1-3H3,(H,18,20). The van der Waals surface area contributed by atoms with Gasteiger partial charge in [-0.3, -0.25) is 4.79 Å². The van der Waals surface area contributed by atoms with Crippen molar-refractivity contribution in [3.63, 3.8) is 0 Å². The monoisotopic (exact) mass is 285 g/mol. The molecule has 0 radical (unpaired) electrons. The minimum Gasteiger partial charge on any atom is -0.507 e. The van der Waals surface area contributed by atoms with Gasteiger partial charge < -0.3 is 10.4 Å². The van der Waals surface area contributed by atoms with Crippen molar-refractivity contribution in [2.24, 2.45) is 5.92 Å². The van der Waals surface area contributed by atoms with Gasteiger partial charge in [0.25, 0.3) is 5.91 Å². The third-order valence-electron chi connectivity index (χ3n) is 3.06. The molecule has 0 saturated heterocycles. The summed E-state index contributed by atoms with van der Waals surface area (Å²) in [6.07, 6.45) is 2.78. The molecule has 0 bridgehead atoms. The average Bonchev–Trinajstić information content (AvgIpc) is 2.26. The summed E-state index contributed by atoms with van der Waals surface area (Å²) in [5, 5.41) is 12.1. The zero-order chi connectivity index (χ0) is 15.3. The van der Waals surface area contributed by atoms with Gasteiger partial charge in [-0.2, -0.15) is 0 Å². The molecule has 0 aliphatic heterocycles. The molecule has 2 N–H and O–H groups in total. The van der Waals surface area contributed by atoms with Crippen LogP contribution in [0, 0.1) is 17.6 Å². The number of phenolic OH excluding ortho intramolecular Hbond substituents is 1. The van der Waals surface area contributed by atoms with E-state index < -0.39 is 28.9 Å². The minimum absolute atomic E-state index is 0.134. The molecule has 0 aromatic heterocycles. The van der Waals surface area contributed by atoms with Gasteiger partial charge in [0, 0.05) is 18.2 Å². The van der Waals surface area contributed by atoms with Crippen LogP contribution >= 0.6 is 0 Å². The quantitative estimate of drug-likeness (QED) is 0.838. The lowest BCUT2D eigenvalue weighted by Crippen LogP contribution is -2.33. The van der Waals surface area contributed by atoms with E-state index in [0.717, 1.165) is 25.3 Å². The fraction of sp³-hybridized carbons (Fsp3) is 0.533. The molecule has 1 aromatic carbocycles. The number of phenols is 1. The fourth-order valence-electron chi connectivity index (χ4n) is 1.99. The number of hydrogen-bond acceptors (Lipinski definition) is 2. The third kappa shape index (κ3) is 4.79. The highest BCUT2D eigenvalue weighted by atomic mass is 19.1. The van der Waals surface area contributed by atoms with Gasteiger partial charge in [-0.1, -0.05) is 26.7 Å².